The van der Waals surface area contributed by atoms with E-state index >= 15 is 0 Å². The third-order valence-corrected chi connectivity index (χ3v) is 4.92. The Morgan fingerprint density at radius 1 is 1.25 bits per heavy atom. The Kier molecular flexibility index (Phi) is 4.65. The lowest BCUT2D eigenvalue weighted by molar-refractivity contribution is 0.0558. The van der Waals surface area contributed by atoms with E-state index in [9.17, 15) is 4.79 Å². The minimum absolute atomic E-state index is 0.0827. The standard InChI is InChI=1S/C16H25N3O/c1-3-16(4-2)9-11-19(12-10-16)15(20)13-7-5-6-8-14(13)18-17/h5-8,18H,3-4,9-12,17H2,1-2H3. The number of piperidine rings is 1. The van der Waals surface area contributed by atoms with Crippen molar-refractivity contribution in [1.29, 1.82) is 0 Å². The van der Waals surface area contributed by atoms with Gasteiger partial charge in [0.2, 0.25) is 0 Å². The average molecular weight is 275 g/mol. The molecule has 110 valence electrons. The molecule has 1 aliphatic rings. The van der Waals surface area contributed by atoms with Gasteiger partial charge in [-0.05, 0) is 30.4 Å². The number of hydrogen-bond acceptors (Lipinski definition) is 3. The number of hydrazine groups is 1. The number of hydrogen-bond donors (Lipinski definition) is 2. The average Bonchev–Trinajstić information content (AvgIpc) is 2.54. The minimum Gasteiger partial charge on any atom is -0.339 e. The Labute approximate surface area is 121 Å². The topological polar surface area (TPSA) is 58.4 Å². The molecule has 1 saturated heterocycles. The van der Waals surface area contributed by atoms with Crippen LogP contribution in [0.4, 0.5) is 5.69 Å². The Bertz CT molecular complexity index is 459. The second-order valence-corrected chi connectivity index (χ2v) is 5.69. The van der Waals surface area contributed by atoms with Crippen LogP contribution in [0.1, 0.15) is 49.9 Å². The fourth-order valence-electron chi connectivity index (χ4n) is 3.11. The van der Waals surface area contributed by atoms with Crippen LogP contribution < -0.4 is 11.3 Å². The molecule has 4 nitrogen and oxygen atoms in total. The van der Waals surface area contributed by atoms with Crippen molar-refractivity contribution in [3.8, 4) is 0 Å². The number of para-hydroxylation sites is 1. The van der Waals surface area contributed by atoms with Gasteiger partial charge in [-0.25, -0.2) is 0 Å². The number of carbonyl (C=O) groups excluding carboxylic acids is 1. The SMILES string of the molecule is CCC1(CC)CCN(C(=O)c2ccccc2NN)CC1. The molecule has 0 aliphatic carbocycles. The molecule has 3 N–H and O–H groups in total. The molecule has 1 aromatic carbocycles. The summed E-state index contributed by atoms with van der Waals surface area (Å²) >= 11 is 0. The molecule has 0 spiro atoms. The predicted molar refractivity (Wildman–Crippen MR) is 82.4 cm³/mol. The predicted octanol–water partition coefficient (Wildman–Crippen LogP) is 3.01. The highest BCUT2D eigenvalue weighted by Crippen LogP contribution is 2.38. The second kappa shape index (κ2) is 6.27. The van der Waals surface area contributed by atoms with Crippen LogP contribution in [0.5, 0.6) is 0 Å². The van der Waals surface area contributed by atoms with Crippen LogP contribution in [0.3, 0.4) is 0 Å². The van der Waals surface area contributed by atoms with Gasteiger partial charge in [0, 0.05) is 13.1 Å². The first kappa shape index (κ1) is 14.9. The molecule has 1 aromatic rings. The zero-order chi connectivity index (χ0) is 14.6. The lowest BCUT2D eigenvalue weighted by Crippen LogP contribution is -2.43. The van der Waals surface area contributed by atoms with Gasteiger partial charge in [0.25, 0.3) is 5.91 Å². The highest BCUT2D eigenvalue weighted by Gasteiger charge is 2.33. The Morgan fingerprint density at radius 3 is 2.40 bits per heavy atom. The van der Waals surface area contributed by atoms with Gasteiger partial charge in [-0.1, -0.05) is 38.8 Å². The van der Waals surface area contributed by atoms with Gasteiger partial charge in [0.05, 0.1) is 11.3 Å². The number of nitrogens with two attached hydrogens (primary N) is 1. The molecule has 0 saturated carbocycles. The first-order chi connectivity index (χ1) is 9.65. The molecule has 0 atom stereocenters. The maximum absolute atomic E-state index is 12.6. The molecule has 2 rings (SSSR count). The van der Waals surface area contributed by atoms with Gasteiger partial charge >= 0.3 is 0 Å². The summed E-state index contributed by atoms with van der Waals surface area (Å²) in [6.07, 6.45) is 4.60. The first-order valence-corrected chi connectivity index (χ1v) is 7.50. The summed E-state index contributed by atoms with van der Waals surface area (Å²) in [5.41, 5.74) is 4.40. The number of amides is 1. The first-order valence-electron chi connectivity index (χ1n) is 7.50. The third kappa shape index (κ3) is 2.80. The van der Waals surface area contributed by atoms with E-state index in [0.717, 1.165) is 25.9 Å². The number of nitrogens with one attached hydrogen (secondary N) is 1. The van der Waals surface area contributed by atoms with E-state index in [1.54, 1.807) is 0 Å². The van der Waals surface area contributed by atoms with Crippen LogP contribution in [0.25, 0.3) is 0 Å². The Hall–Kier alpha value is -1.55. The number of rotatable bonds is 4. The van der Waals surface area contributed by atoms with Crippen LogP contribution >= 0.6 is 0 Å². The lowest BCUT2D eigenvalue weighted by atomic mass is 9.74. The van der Waals surface area contributed by atoms with Gasteiger partial charge in [-0.15, -0.1) is 0 Å². The van der Waals surface area contributed by atoms with E-state index in [-0.39, 0.29) is 5.91 Å². The Balaban J connectivity index is 2.09. The maximum atomic E-state index is 12.6. The zero-order valence-corrected chi connectivity index (χ0v) is 12.5. The van der Waals surface area contributed by atoms with Crippen LogP contribution in [-0.2, 0) is 0 Å². The largest absolute Gasteiger partial charge is 0.339 e. The van der Waals surface area contributed by atoms with Crippen LogP contribution in [0.15, 0.2) is 24.3 Å². The fourth-order valence-corrected chi connectivity index (χ4v) is 3.11. The molecule has 1 aliphatic heterocycles. The van der Waals surface area contributed by atoms with Crippen molar-refractivity contribution in [1.82, 2.24) is 4.90 Å². The molecule has 0 unspecified atom stereocenters. The number of nitrogen functional groups attached to an aromatic ring is 1. The molecule has 1 amide bonds. The van der Waals surface area contributed by atoms with Crippen molar-refractivity contribution in [3.05, 3.63) is 29.8 Å². The molecule has 0 radical (unpaired) electrons. The van der Waals surface area contributed by atoms with Crippen molar-refractivity contribution in [2.75, 3.05) is 18.5 Å². The molecule has 0 aromatic heterocycles. The van der Waals surface area contributed by atoms with Gasteiger partial charge in [0.1, 0.15) is 0 Å². The molecular weight excluding hydrogens is 250 g/mol. The van der Waals surface area contributed by atoms with E-state index in [4.69, 9.17) is 5.84 Å². The smallest absolute Gasteiger partial charge is 0.256 e. The molecule has 20 heavy (non-hydrogen) atoms. The molecule has 1 fully saturated rings. The van der Waals surface area contributed by atoms with Gasteiger partial charge in [0.15, 0.2) is 0 Å². The summed E-state index contributed by atoms with van der Waals surface area (Å²) in [7, 11) is 0. The number of carbonyl (C=O) groups is 1. The molecule has 1 heterocycles. The van der Waals surface area contributed by atoms with Crippen molar-refractivity contribution < 1.29 is 4.79 Å². The van der Waals surface area contributed by atoms with E-state index in [0.29, 0.717) is 16.7 Å². The van der Waals surface area contributed by atoms with E-state index in [2.05, 4.69) is 19.3 Å². The number of likely N-dealkylation sites (tertiary alicyclic amines) is 1. The summed E-state index contributed by atoms with van der Waals surface area (Å²) < 4.78 is 0. The van der Waals surface area contributed by atoms with Crippen molar-refractivity contribution in [2.24, 2.45) is 11.3 Å². The van der Waals surface area contributed by atoms with Crippen molar-refractivity contribution in [2.45, 2.75) is 39.5 Å². The highest BCUT2D eigenvalue weighted by atomic mass is 16.2. The van der Waals surface area contributed by atoms with E-state index in [1.165, 1.54) is 12.8 Å². The van der Waals surface area contributed by atoms with Crippen LogP contribution in [-0.4, -0.2) is 23.9 Å². The van der Waals surface area contributed by atoms with E-state index < -0.39 is 0 Å². The maximum Gasteiger partial charge on any atom is 0.256 e. The summed E-state index contributed by atoms with van der Waals surface area (Å²) in [6, 6.07) is 7.42. The second-order valence-electron chi connectivity index (χ2n) is 5.69. The monoisotopic (exact) mass is 275 g/mol. The number of anilines is 1. The fraction of sp³-hybridized carbons (Fsp3) is 0.562. The summed E-state index contributed by atoms with van der Waals surface area (Å²) in [5.74, 6) is 5.57. The van der Waals surface area contributed by atoms with Crippen molar-refractivity contribution in [3.63, 3.8) is 0 Å². The van der Waals surface area contributed by atoms with E-state index in [1.807, 2.05) is 29.2 Å². The van der Waals surface area contributed by atoms with Gasteiger partial charge in [-0.3, -0.25) is 10.6 Å². The highest BCUT2D eigenvalue weighted by molar-refractivity contribution is 5.99. The van der Waals surface area contributed by atoms with Crippen molar-refractivity contribution >= 4 is 11.6 Å². The van der Waals surface area contributed by atoms with Crippen LogP contribution in [0.2, 0.25) is 0 Å². The summed E-state index contributed by atoms with van der Waals surface area (Å²) in [5, 5.41) is 0. The third-order valence-electron chi connectivity index (χ3n) is 4.92. The van der Waals surface area contributed by atoms with Crippen LogP contribution in [0, 0.1) is 5.41 Å². The summed E-state index contributed by atoms with van der Waals surface area (Å²) in [4.78, 5) is 14.6. The summed E-state index contributed by atoms with van der Waals surface area (Å²) in [6.45, 7) is 6.21. The normalized spacial score (nSPS) is 17.9. The number of nitrogens with zero attached hydrogens (tertiary/aromatic N) is 1. The molecule has 0 bridgehead atoms. The van der Waals surface area contributed by atoms with Gasteiger partial charge in [-0.2, -0.15) is 0 Å². The van der Waals surface area contributed by atoms with Gasteiger partial charge < -0.3 is 10.3 Å². The Morgan fingerprint density at radius 2 is 1.85 bits per heavy atom. The minimum atomic E-state index is 0.0827. The lowest BCUT2D eigenvalue weighted by Gasteiger charge is -2.41. The number of benzene rings is 1. The molecule has 4 heteroatoms. The molecular formula is C16H25N3O. The zero-order valence-electron chi connectivity index (χ0n) is 12.5. The quantitative estimate of drug-likeness (QED) is 0.656.